The fourth-order valence-electron chi connectivity index (χ4n) is 2.64. The van der Waals surface area contributed by atoms with Gasteiger partial charge in [0.1, 0.15) is 12.4 Å². The molecule has 0 bridgehead atoms. The zero-order valence-electron chi connectivity index (χ0n) is 17.6. The second-order valence-electron chi connectivity index (χ2n) is 7.11. The summed E-state index contributed by atoms with van der Waals surface area (Å²) in [6.07, 6.45) is -4.60. The molecule has 2 aromatic carbocycles. The summed E-state index contributed by atoms with van der Waals surface area (Å²) >= 11 is 0. The predicted octanol–water partition coefficient (Wildman–Crippen LogP) is 3.18. The number of rotatable bonds is 7. The van der Waals surface area contributed by atoms with E-state index in [1.165, 1.54) is 17.9 Å². The molecular formula is C21H22F4N4O3. The number of hydrogen-bond acceptors (Lipinski definition) is 4. The lowest BCUT2D eigenvalue weighted by Gasteiger charge is -2.14. The molecule has 0 saturated heterocycles. The van der Waals surface area contributed by atoms with Crippen LogP contribution in [0.1, 0.15) is 26.3 Å². The first kappa shape index (κ1) is 24.6. The van der Waals surface area contributed by atoms with Gasteiger partial charge in [-0.3, -0.25) is 14.4 Å². The number of carbonyl (C=O) groups excluding carboxylic acids is 3. The molecule has 2 aromatic rings. The number of hydrogen-bond donors (Lipinski definition) is 3. The average molecular weight is 454 g/mol. The summed E-state index contributed by atoms with van der Waals surface area (Å²) in [5, 5.41) is 6.92. The van der Waals surface area contributed by atoms with Crippen LogP contribution in [-0.2, 0) is 4.79 Å². The highest BCUT2D eigenvalue weighted by atomic mass is 19.4. The number of alkyl halides is 3. The third-order valence-corrected chi connectivity index (χ3v) is 4.29. The number of benzene rings is 2. The van der Waals surface area contributed by atoms with Gasteiger partial charge in [0.05, 0.1) is 6.54 Å². The molecule has 32 heavy (non-hydrogen) atoms. The van der Waals surface area contributed by atoms with Crippen molar-refractivity contribution in [1.29, 1.82) is 0 Å². The van der Waals surface area contributed by atoms with E-state index < -0.39 is 30.4 Å². The minimum atomic E-state index is -4.60. The molecule has 0 saturated carbocycles. The molecule has 172 valence electrons. The average Bonchev–Trinajstić information content (AvgIpc) is 2.71. The molecule has 0 atom stereocenters. The Morgan fingerprint density at radius 3 is 2.34 bits per heavy atom. The Balaban J connectivity index is 2.06. The number of amides is 3. The molecule has 11 heteroatoms. The Morgan fingerprint density at radius 1 is 1.03 bits per heavy atom. The van der Waals surface area contributed by atoms with E-state index >= 15 is 0 Å². The van der Waals surface area contributed by atoms with Crippen molar-refractivity contribution in [1.82, 2.24) is 10.2 Å². The van der Waals surface area contributed by atoms with E-state index in [1.807, 2.05) is 0 Å². The lowest BCUT2D eigenvalue weighted by Crippen LogP contribution is -2.33. The van der Waals surface area contributed by atoms with Crippen LogP contribution in [0.5, 0.6) is 0 Å². The van der Waals surface area contributed by atoms with Gasteiger partial charge in [-0.05, 0) is 37.3 Å². The molecule has 0 spiro atoms. The number of halogens is 4. The highest BCUT2D eigenvalue weighted by molar-refractivity contribution is 5.98. The monoisotopic (exact) mass is 454 g/mol. The molecule has 7 nitrogen and oxygen atoms in total. The van der Waals surface area contributed by atoms with Crippen LogP contribution in [0.2, 0.25) is 0 Å². The normalized spacial score (nSPS) is 11.0. The molecule has 0 aliphatic carbocycles. The topological polar surface area (TPSA) is 90.5 Å². The van der Waals surface area contributed by atoms with E-state index in [4.69, 9.17) is 0 Å². The molecule has 0 radical (unpaired) electrons. The van der Waals surface area contributed by atoms with Crippen LogP contribution < -0.4 is 16.0 Å². The second kappa shape index (κ2) is 10.1. The summed E-state index contributed by atoms with van der Waals surface area (Å²) in [5.41, 5.74) is 0.580. The van der Waals surface area contributed by atoms with Gasteiger partial charge in [-0.2, -0.15) is 13.2 Å². The first-order valence-electron chi connectivity index (χ1n) is 9.38. The molecule has 0 fully saturated rings. The van der Waals surface area contributed by atoms with E-state index in [0.717, 1.165) is 12.1 Å². The Kier molecular flexibility index (Phi) is 7.79. The fourth-order valence-corrected chi connectivity index (χ4v) is 2.64. The Labute approximate surface area is 181 Å². The van der Waals surface area contributed by atoms with Gasteiger partial charge in [-0.1, -0.05) is 6.07 Å². The van der Waals surface area contributed by atoms with Gasteiger partial charge >= 0.3 is 6.18 Å². The molecule has 0 heterocycles. The SMILES string of the molecule is Cc1c(F)cc(C(=O)NCC(F)(F)F)cc1NCC(=O)Nc1cccc(C(=O)N(C)C)c1. The quantitative estimate of drug-likeness (QED) is 0.561. The molecule has 0 aromatic heterocycles. The van der Waals surface area contributed by atoms with Crippen molar-refractivity contribution in [3.8, 4) is 0 Å². The Hall–Kier alpha value is -3.63. The maximum Gasteiger partial charge on any atom is 0.405 e. The van der Waals surface area contributed by atoms with Crippen molar-refractivity contribution in [2.45, 2.75) is 13.1 Å². The third kappa shape index (κ3) is 6.96. The first-order chi connectivity index (χ1) is 14.9. The van der Waals surface area contributed by atoms with Gasteiger partial charge in [0.15, 0.2) is 0 Å². The van der Waals surface area contributed by atoms with Crippen molar-refractivity contribution < 1.29 is 31.9 Å². The Bertz CT molecular complexity index is 1020. The smallest absolute Gasteiger partial charge is 0.376 e. The Morgan fingerprint density at radius 2 is 1.72 bits per heavy atom. The standard InChI is InChI=1S/C21H22F4N4O3/c1-12-16(22)8-14(19(31)27-11-21(23,24)25)9-17(12)26-10-18(30)28-15-6-4-5-13(7-15)20(32)29(2)3/h4-9,26H,10-11H2,1-3H3,(H,27,31)(H,28,30). The maximum absolute atomic E-state index is 14.2. The van der Waals surface area contributed by atoms with Crippen LogP contribution in [0.25, 0.3) is 0 Å². The number of anilines is 2. The molecule has 0 aliphatic heterocycles. The van der Waals surface area contributed by atoms with Crippen LogP contribution in [0.3, 0.4) is 0 Å². The summed E-state index contributed by atoms with van der Waals surface area (Å²) in [6.45, 7) is -0.481. The molecule has 3 amide bonds. The number of nitrogens with one attached hydrogen (secondary N) is 3. The lowest BCUT2D eigenvalue weighted by atomic mass is 10.1. The highest BCUT2D eigenvalue weighted by Gasteiger charge is 2.28. The minimum absolute atomic E-state index is 0.0776. The fraction of sp³-hybridized carbons (Fsp3) is 0.286. The molecule has 0 unspecified atom stereocenters. The summed E-state index contributed by atoms with van der Waals surface area (Å²) in [7, 11) is 3.19. The van der Waals surface area contributed by atoms with Gasteiger partial charge in [-0.15, -0.1) is 0 Å². The zero-order chi connectivity index (χ0) is 24.1. The molecular weight excluding hydrogens is 432 g/mol. The van der Waals surface area contributed by atoms with Gasteiger partial charge in [0.25, 0.3) is 11.8 Å². The van der Waals surface area contributed by atoms with Crippen molar-refractivity contribution in [2.75, 3.05) is 37.8 Å². The van der Waals surface area contributed by atoms with E-state index in [1.54, 1.807) is 37.6 Å². The molecule has 0 aliphatic rings. The van der Waals surface area contributed by atoms with Crippen LogP contribution in [0.15, 0.2) is 36.4 Å². The van der Waals surface area contributed by atoms with Gasteiger partial charge in [0, 0.05) is 42.2 Å². The van der Waals surface area contributed by atoms with Gasteiger partial charge in [-0.25, -0.2) is 4.39 Å². The largest absolute Gasteiger partial charge is 0.405 e. The van der Waals surface area contributed by atoms with Crippen molar-refractivity contribution >= 4 is 29.1 Å². The lowest BCUT2D eigenvalue weighted by molar-refractivity contribution is -0.123. The van der Waals surface area contributed by atoms with Gasteiger partial charge < -0.3 is 20.9 Å². The zero-order valence-corrected chi connectivity index (χ0v) is 17.6. The third-order valence-electron chi connectivity index (χ3n) is 4.29. The van der Waals surface area contributed by atoms with Crippen LogP contribution in [-0.4, -0.2) is 56.0 Å². The second-order valence-corrected chi connectivity index (χ2v) is 7.11. The predicted molar refractivity (Wildman–Crippen MR) is 111 cm³/mol. The highest BCUT2D eigenvalue weighted by Crippen LogP contribution is 2.21. The summed E-state index contributed by atoms with van der Waals surface area (Å²) in [4.78, 5) is 37.6. The van der Waals surface area contributed by atoms with Gasteiger partial charge in [0.2, 0.25) is 5.91 Å². The van der Waals surface area contributed by atoms with Crippen LogP contribution in [0, 0.1) is 12.7 Å². The van der Waals surface area contributed by atoms with Crippen LogP contribution >= 0.6 is 0 Å². The summed E-state index contributed by atoms with van der Waals surface area (Å²) in [6, 6.07) is 8.25. The summed E-state index contributed by atoms with van der Waals surface area (Å²) < 4.78 is 51.0. The van der Waals surface area contributed by atoms with Crippen molar-refractivity contribution in [2.24, 2.45) is 0 Å². The van der Waals surface area contributed by atoms with Crippen LogP contribution in [0.4, 0.5) is 28.9 Å². The van der Waals surface area contributed by atoms with E-state index in [-0.39, 0.29) is 29.3 Å². The van der Waals surface area contributed by atoms with E-state index in [9.17, 15) is 31.9 Å². The minimum Gasteiger partial charge on any atom is -0.376 e. The molecule has 3 N–H and O–H groups in total. The van der Waals surface area contributed by atoms with E-state index in [0.29, 0.717) is 11.3 Å². The molecule has 2 rings (SSSR count). The number of carbonyl (C=O) groups is 3. The maximum atomic E-state index is 14.2. The summed E-state index contributed by atoms with van der Waals surface area (Å²) in [5.74, 6) is -2.68. The van der Waals surface area contributed by atoms with E-state index in [2.05, 4.69) is 10.6 Å². The number of nitrogens with zero attached hydrogens (tertiary/aromatic N) is 1. The first-order valence-corrected chi connectivity index (χ1v) is 9.38. The van der Waals surface area contributed by atoms with Crippen molar-refractivity contribution in [3.05, 3.63) is 58.9 Å². The van der Waals surface area contributed by atoms with Crippen molar-refractivity contribution in [3.63, 3.8) is 0 Å².